The standard InChI is InChI=1S/C11H15N3O3/c1-7-3-10(14(15)16)11(12-6-7)13-8-4-9(5-8)17-2/h3,6,8-9H,4-5H2,1-2H3,(H,12,13). The van der Waals surface area contributed by atoms with Crippen molar-refractivity contribution < 1.29 is 9.66 Å². The first-order valence-electron chi connectivity index (χ1n) is 5.50. The number of hydrogen-bond donors (Lipinski definition) is 1. The average molecular weight is 237 g/mol. The van der Waals surface area contributed by atoms with E-state index in [-0.39, 0.29) is 17.8 Å². The van der Waals surface area contributed by atoms with E-state index in [4.69, 9.17) is 4.74 Å². The molecule has 1 fully saturated rings. The second-order valence-electron chi connectivity index (χ2n) is 4.31. The Labute approximate surface area is 99.2 Å². The zero-order chi connectivity index (χ0) is 12.4. The molecule has 1 aromatic heterocycles. The molecule has 0 bridgehead atoms. The quantitative estimate of drug-likeness (QED) is 0.639. The Kier molecular flexibility index (Phi) is 3.23. The summed E-state index contributed by atoms with van der Waals surface area (Å²) >= 11 is 0. The van der Waals surface area contributed by atoms with Gasteiger partial charge in [-0.1, -0.05) is 0 Å². The first-order chi connectivity index (χ1) is 8.10. The van der Waals surface area contributed by atoms with Gasteiger partial charge in [0.05, 0.1) is 11.0 Å². The van der Waals surface area contributed by atoms with E-state index < -0.39 is 4.92 Å². The molecule has 1 heterocycles. The molecule has 17 heavy (non-hydrogen) atoms. The molecule has 0 unspecified atom stereocenters. The van der Waals surface area contributed by atoms with E-state index in [0.717, 1.165) is 18.4 Å². The lowest BCUT2D eigenvalue weighted by Crippen LogP contribution is -2.40. The summed E-state index contributed by atoms with van der Waals surface area (Å²) in [5.41, 5.74) is 0.816. The van der Waals surface area contributed by atoms with Crippen LogP contribution in [0, 0.1) is 17.0 Å². The minimum absolute atomic E-state index is 0.0332. The highest BCUT2D eigenvalue weighted by Gasteiger charge is 2.30. The van der Waals surface area contributed by atoms with Gasteiger partial charge in [-0.05, 0) is 25.3 Å². The van der Waals surface area contributed by atoms with Crippen LogP contribution in [0.25, 0.3) is 0 Å². The minimum atomic E-state index is -0.408. The van der Waals surface area contributed by atoms with E-state index in [1.165, 1.54) is 6.07 Å². The highest BCUT2D eigenvalue weighted by atomic mass is 16.6. The van der Waals surface area contributed by atoms with E-state index in [1.807, 2.05) is 0 Å². The fraction of sp³-hybridized carbons (Fsp3) is 0.545. The van der Waals surface area contributed by atoms with Gasteiger partial charge in [0.2, 0.25) is 5.82 Å². The molecule has 1 aliphatic rings. The molecule has 1 aromatic rings. The smallest absolute Gasteiger partial charge is 0.311 e. The van der Waals surface area contributed by atoms with Gasteiger partial charge in [-0.2, -0.15) is 0 Å². The summed E-state index contributed by atoms with van der Waals surface area (Å²) in [6.07, 6.45) is 3.62. The van der Waals surface area contributed by atoms with Gasteiger partial charge in [0.1, 0.15) is 0 Å². The molecule has 0 amide bonds. The third-order valence-corrected chi connectivity index (χ3v) is 2.97. The lowest BCUT2D eigenvalue weighted by molar-refractivity contribution is -0.384. The van der Waals surface area contributed by atoms with Gasteiger partial charge < -0.3 is 10.1 Å². The van der Waals surface area contributed by atoms with Crippen LogP contribution in [0.5, 0.6) is 0 Å². The largest absolute Gasteiger partial charge is 0.381 e. The van der Waals surface area contributed by atoms with E-state index >= 15 is 0 Å². The van der Waals surface area contributed by atoms with E-state index in [0.29, 0.717) is 5.82 Å². The fourth-order valence-corrected chi connectivity index (χ4v) is 1.87. The Hall–Kier alpha value is -1.69. The molecule has 6 nitrogen and oxygen atoms in total. The first-order valence-corrected chi connectivity index (χ1v) is 5.50. The maximum absolute atomic E-state index is 10.9. The van der Waals surface area contributed by atoms with Gasteiger partial charge >= 0.3 is 5.69 Å². The van der Waals surface area contributed by atoms with Crippen molar-refractivity contribution in [3.63, 3.8) is 0 Å². The van der Waals surface area contributed by atoms with Crippen LogP contribution in [0.15, 0.2) is 12.3 Å². The van der Waals surface area contributed by atoms with Crippen LogP contribution in [-0.4, -0.2) is 29.2 Å². The van der Waals surface area contributed by atoms with Gasteiger partial charge in [0, 0.05) is 25.4 Å². The Morgan fingerprint density at radius 2 is 2.29 bits per heavy atom. The molecular formula is C11H15N3O3. The summed E-state index contributed by atoms with van der Waals surface area (Å²) in [7, 11) is 1.67. The molecule has 0 aliphatic heterocycles. The van der Waals surface area contributed by atoms with Crippen LogP contribution < -0.4 is 5.32 Å². The number of pyridine rings is 1. The topological polar surface area (TPSA) is 77.3 Å². The number of nitrogens with one attached hydrogen (secondary N) is 1. The summed E-state index contributed by atoms with van der Waals surface area (Å²) < 4.78 is 5.16. The normalized spacial score (nSPS) is 22.9. The van der Waals surface area contributed by atoms with Crippen LogP contribution in [-0.2, 0) is 4.74 Å². The predicted molar refractivity (Wildman–Crippen MR) is 63.1 cm³/mol. The highest BCUT2D eigenvalue weighted by molar-refractivity contribution is 5.57. The third-order valence-electron chi connectivity index (χ3n) is 2.97. The third kappa shape index (κ3) is 2.52. The Morgan fingerprint density at radius 1 is 1.59 bits per heavy atom. The average Bonchev–Trinajstić information content (AvgIpc) is 2.24. The van der Waals surface area contributed by atoms with Gasteiger partial charge in [0.15, 0.2) is 0 Å². The van der Waals surface area contributed by atoms with Crippen LogP contribution in [0.1, 0.15) is 18.4 Å². The number of aromatic nitrogens is 1. The monoisotopic (exact) mass is 237 g/mol. The van der Waals surface area contributed by atoms with Gasteiger partial charge in [-0.15, -0.1) is 0 Å². The molecule has 0 radical (unpaired) electrons. The zero-order valence-electron chi connectivity index (χ0n) is 9.84. The molecule has 92 valence electrons. The predicted octanol–water partition coefficient (Wildman–Crippen LogP) is 1.89. The number of nitrogens with zero attached hydrogens (tertiary/aromatic N) is 2. The van der Waals surface area contributed by atoms with Crippen LogP contribution in [0.4, 0.5) is 11.5 Å². The number of hydrogen-bond acceptors (Lipinski definition) is 5. The first kappa shape index (κ1) is 11.8. The summed E-state index contributed by atoms with van der Waals surface area (Å²) in [5, 5.41) is 14.0. The molecule has 0 atom stereocenters. The summed E-state index contributed by atoms with van der Waals surface area (Å²) in [6.45, 7) is 1.79. The van der Waals surface area contributed by atoms with Crippen molar-refractivity contribution in [2.24, 2.45) is 0 Å². The number of nitro groups is 1. The van der Waals surface area contributed by atoms with E-state index in [9.17, 15) is 10.1 Å². The Morgan fingerprint density at radius 3 is 2.88 bits per heavy atom. The fourth-order valence-electron chi connectivity index (χ4n) is 1.87. The lowest BCUT2D eigenvalue weighted by Gasteiger charge is -2.34. The lowest BCUT2D eigenvalue weighted by atomic mass is 9.89. The molecule has 1 N–H and O–H groups in total. The number of aryl methyl sites for hydroxylation is 1. The van der Waals surface area contributed by atoms with Crippen molar-refractivity contribution in [2.45, 2.75) is 31.9 Å². The zero-order valence-corrected chi connectivity index (χ0v) is 9.84. The minimum Gasteiger partial charge on any atom is -0.381 e. The second kappa shape index (κ2) is 4.67. The summed E-state index contributed by atoms with van der Waals surface area (Å²) in [4.78, 5) is 14.6. The molecule has 0 spiro atoms. The number of ether oxygens (including phenoxy) is 1. The van der Waals surface area contributed by atoms with Crippen LogP contribution in [0.2, 0.25) is 0 Å². The summed E-state index contributed by atoms with van der Waals surface area (Å²) in [5.74, 6) is 0.347. The van der Waals surface area contributed by atoms with Crippen molar-refractivity contribution >= 4 is 11.5 Å². The number of rotatable bonds is 4. The molecule has 2 rings (SSSR count). The SMILES string of the molecule is COC1CC(Nc2ncc(C)cc2[N+](=O)[O-])C1. The van der Waals surface area contributed by atoms with Crippen LogP contribution in [0.3, 0.4) is 0 Å². The molecule has 6 heteroatoms. The summed E-state index contributed by atoms with van der Waals surface area (Å²) in [6, 6.07) is 1.75. The maximum Gasteiger partial charge on any atom is 0.311 e. The van der Waals surface area contributed by atoms with Crippen molar-refractivity contribution in [1.82, 2.24) is 4.98 Å². The Bertz CT molecular complexity index is 430. The Balaban J connectivity index is 2.08. The molecule has 0 aromatic carbocycles. The van der Waals surface area contributed by atoms with E-state index in [2.05, 4.69) is 10.3 Å². The molecule has 0 saturated heterocycles. The number of methoxy groups -OCH3 is 1. The van der Waals surface area contributed by atoms with Crippen molar-refractivity contribution in [2.75, 3.05) is 12.4 Å². The van der Waals surface area contributed by atoms with Crippen molar-refractivity contribution in [3.8, 4) is 0 Å². The van der Waals surface area contributed by atoms with Crippen molar-refractivity contribution in [3.05, 3.63) is 27.9 Å². The maximum atomic E-state index is 10.9. The second-order valence-corrected chi connectivity index (χ2v) is 4.31. The molecular weight excluding hydrogens is 222 g/mol. The van der Waals surface area contributed by atoms with Gasteiger partial charge in [0.25, 0.3) is 0 Å². The van der Waals surface area contributed by atoms with Gasteiger partial charge in [-0.25, -0.2) is 4.98 Å². The van der Waals surface area contributed by atoms with Gasteiger partial charge in [-0.3, -0.25) is 10.1 Å². The molecule has 1 aliphatic carbocycles. The molecule has 1 saturated carbocycles. The van der Waals surface area contributed by atoms with E-state index in [1.54, 1.807) is 20.2 Å². The van der Waals surface area contributed by atoms with Crippen molar-refractivity contribution in [1.29, 1.82) is 0 Å². The number of anilines is 1. The highest BCUT2D eigenvalue weighted by Crippen LogP contribution is 2.29. The van der Waals surface area contributed by atoms with Crippen LogP contribution >= 0.6 is 0 Å².